The fraction of sp³-hybridized carbons (Fsp3) is 0.160. The molecule has 0 spiro atoms. The van der Waals surface area contributed by atoms with Gasteiger partial charge in [0.2, 0.25) is 5.91 Å². The third-order valence-corrected chi connectivity index (χ3v) is 4.51. The molecule has 3 rings (SSSR count). The molecule has 3 amide bonds. The van der Waals surface area contributed by atoms with E-state index in [0.29, 0.717) is 28.2 Å². The fourth-order valence-corrected chi connectivity index (χ4v) is 3.06. The van der Waals surface area contributed by atoms with Crippen LogP contribution in [-0.4, -0.2) is 30.3 Å². The largest absolute Gasteiger partial charge is 0.376 e. The molecule has 0 aliphatic carbocycles. The maximum atomic E-state index is 12.7. The van der Waals surface area contributed by atoms with E-state index >= 15 is 0 Å². The molecule has 0 bridgehead atoms. The van der Waals surface area contributed by atoms with Crippen LogP contribution >= 0.6 is 0 Å². The lowest BCUT2D eigenvalue weighted by atomic mass is 10.1. The van der Waals surface area contributed by atoms with Gasteiger partial charge in [0.05, 0.1) is 23.4 Å². The van der Waals surface area contributed by atoms with Crippen molar-refractivity contribution in [2.75, 3.05) is 22.5 Å². The third kappa shape index (κ3) is 6.18. The lowest BCUT2D eigenvalue weighted by molar-refractivity contribution is -0.114. The van der Waals surface area contributed by atoms with Gasteiger partial charge in [-0.3, -0.25) is 14.4 Å². The average molecular weight is 431 g/mol. The number of carbonyl (C=O) groups excluding carboxylic acids is 3. The highest BCUT2D eigenvalue weighted by Gasteiger charge is 2.15. The minimum absolute atomic E-state index is 0.00242. The Morgan fingerprint density at radius 3 is 1.91 bits per heavy atom. The van der Waals surface area contributed by atoms with Gasteiger partial charge in [0, 0.05) is 17.4 Å². The average Bonchev–Trinajstić information content (AvgIpc) is 2.78. The maximum Gasteiger partial charge on any atom is 0.257 e. The van der Waals surface area contributed by atoms with E-state index in [-0.39, 0.29) is 30.3 Å². The molecule has 0 aliphatic heterocycles. The highest BCUT2D eigenvalue weighted by atomic mass is 16.2. The summed E-state index contributed by atoms with van der Waals surface area (Å²) < 4.78 is 0. The SMILES string of the molecule is CC(C)NC(=O)c1ccccc1NCC(=O)Nc1ccccc1C(=O)Nc1ccccc1. The Morgan fingerprint density at radius 2 is 1.25 bits per heavy atom. The highest BCUT2D eigenvalue weighted by Crippen LogP contribution is 2.18. The minimum atomic E-state index is -0.343. The number of rotatable bonds is 8. The van der Waals surface area contributed by atoms with Crippen molar-refractivity contribution in [3.8, 4) is 0 Å². The first kappa shape index (κ1) is 22.6. The zero-order chi connectivity index (χ0) is 22.9. The van der Waals surface area contributed by atoms with Crippen molar-refractivity contribution < 1.29 is 14.4 Å². The van der Waals surface area contributed by atoms with Gasteiger partial charge >= 0.3 is 0 Å². The van der Waals surface area contributed by atoms with Crippen molar-refractivity contribution >= 4 is 34.8 Å². The van der Waals surface area contributed by atoms with Crippen LogP contribution in [0.4, 0.5) is 17.1 Å². The van der Waals surface area contributed by atoms with E-state index in [2.05, 4.69) is 21.3 Å². The second kappa shape index (κ2) is 10.8. The number of hydrogen-bond acceptors (Lipinski definition) is 4. The molecule has 0 radical (unpaired) electrons. The number of anilines is 3. The standard InChI is InChI=1S/C25H26N4O3/c1-17(2)27-24(31)19-12-6-8-14-21(19)26-16-23(30)29-22-15-9-7-13-20(22)25(32)28-18-10-4-3-5-11-18/h3-15,17,26H,16H2,1-2H3,(H,27,31)(H,28,32)(H,29,30). The Morgan fingerprint density at radius 1 is 0.688 bits per heavy atom. The summed E-state index contributed by atoms with van der Waals surface area (Å²) in [5.41, 5.74) is 2.42. The van der Waals surface area contributed by atoms with Gasteiger partial charge in [-0.1, -0.05) is 42.5 Å². The van der Waals surface area contributed by atoms with Gasteiger partial charge in [-0.05, 0) is 50.2 Å². The van der Waals surface area contributed by atoms with Crippen molar-refractivity contribution in [1.29, 1.82) is 0 Å². The van der Waals surface area contributed by atoms with Crippen LogP contribution in [0.25, 0.3) is 0 Å². The molecule has 164 valence electrons. The van der Waals surface area contributed by atoms with Crippen LogP contribution in [0.2, 0.25) is 0 Å². The van der Waals surface area contributed by atoms with Gasteiger partial charge in [-0.25, -0.2) is 0 Å². The molecule has 0 aromatic heterocycles. The number of nitrogens with one attached hydrogen (secondary N) is 4. The number of benzene rings is 3. The molecule has 0 unspecified atom stereocenters. The summed E-state index contributed by atoms with van der Waals surface area (Å²) in [6.45, 7) is 3.69. The second-order valence-electron chi connectivity index (χ2n) is 7.44. The van der Waals surface area contributed by atoms with Gasteiger partial charge in [0.1, 0.15) is 0 Å². The zero-order valence-electron chi connectivity index (χ0n) is 18.0. The molecule has 4 N–H and O–H groups in total. The minimum Gasteiger partial charge on any atom is -0.376 e. The summed E-state index contributed by atoms with van der Waals surface area (Å²) in [5.74, 6) is -0.883. The Kier molecular flexibility index (Phi) is 7.59. The Hall–Kier alpha value is -4.13. The molecular formula is C25H26N4O3. The second-order valence-corrected chi connectivity index (χ2v) is 7.44. The summed E-state index contributed by atoms with van der Waals surface area (Å²) in [5, 5.41) is 11.4. The molecule has 0 saturated carbocycles. The fourth-order valence-electron chi connectivity index (χ4n) is 3.06. The topological polar surface area (TPSA) is 99.3 Å². The molecule has 0 saturated heterocycles. The zero-order valence-corrected chi connectivity index (χ0v) is 18.0. The Bertz CT molecular complexity index is 1100. The molecule has 7 heteroatoms. The predicted octanol–water partition coefficient (Wildman–Crippen LogP) is 4.13. The smallest absolute Gasteiger partial charge is 0.257 e. The molecule has 7 nitrogen and oxygen atoms in total. The Balaban J connectivity index is 1.65. The van der Waals surface area contributed by atoms with Crippen LogP contribution in [0.15, 0.2) is 78.9 Å². The molecule has 0 aliphatic rings. The normalized spacial score (nSPS) is 10.3. The van der Waals surface area contributed by atoms with Crippen molar-refractivity contribution in [2.45, 2.75) is 19.9 Å². The van der Waals surface area contributed by atoms with Gasteiger partial charge in [-0.15, -0.1) is 0 Å². The van der Waals surface area contributed by atoms with E-state index in [0.717, 1.165) is 0 Å². The van der Waals surface area contributed by atoms with Crippen LogP contribution in [0.3, 0.4) is 0 Å². The van der Waals surface area contributed by atoms with Crippen LogP contribution in [0.1, 0.15) is 34.6 Å². The molecule has 3 aromatic carbocycles. The van der Waals surface area contributed by atoms with Gasteiger partial charge in [0.15, 0.2) is 0 Å². The van der Waals surface area contributed by atoms with Crippen molar-refractivity contribution in [3.05, 3.63) is 90.0 Å². The summed E-state index contributed by atoms with van der Waals surface area (Å²) in [7, 11) is 0. The first-order chi connectivity index (χ1) is 15.4. The van der Waals surface area contributed by atoms with Crippen LogP contribution in [-0.2, 0) is 4.79 Å². The molecular weight excluding hydrogens is 404 g/mol. The predicted molar refractivity (Wildman–Crippen MR) is 127 cm³/mol. The third-order valence-electron chi connectivity index (χ3n) is 4.51. The lowest BCUT2D eigenvalue weighted by Crippen LogP contribution is -2.31. The number of para-hydroxylation sites is 3. The summed E-state index contributed by atoms with van der Waals surface area (Å²) in [6, 6.07) is 22.9. The van der Waals surface area contributed by atoms with E-state index in [1.807, 2.05) is 32.0 Å². The van der Waals surface area contributed by atoms with Crippen LogP contribution in [0, 0.1) is 0 Å². The lowest BCUT2D eigenvalue weighted by Gasteiger charge is -2.15. The number of amides is 3. The number of carbonyl (C=O) groups is 3. The van der Waals surface area contributed by atoms with Gasteiger partial charge < -0.3 is 21.3 Å². The van der Waals surface area contributed by atoms with Crippen molar-refractivity contribution in [3.63, 3.8) is 0 Å². The van der Waals surface area contributed by atoms with Crippen LogP contribution < -0.4 is 21.3 Å². The highest BCUT2D eigenvalue weighted by molar-refractivity contribution is 6.10. The van der Waals surface area contributed by atoms with E-state index < -0.39 is 0 Å². The van der Waals surface area contributed by atoms with E-state index in [1.165, 1.54) is 0 Å². The van der Waals surface area contributed by atoms with Gasteiger partial charge in [-0.2, -0.15) is 0 Å². The quantitative estimate of drug-likeness (QED) is 0.432. The van der Waals surface area contributed by atoms with E-state index in [4.69, 9.17) is 0 Å². The molecule has 32 heavy (non-hydrogen) atoms. The van der Waals surface area contributed by atoms with Crippen molar-refractivity contribution in [1.82, 2.24) is 5.32 Å². The molecule has 0 heterocycles. The summed E-state index contributed by atoms with van der Waals surface area (Å²) in [4.78, 5) is 37.6. The molecule has 3 aromatic rings. The summed E-state index contributed by atoms with van der Waals surface area (Å²) in [6.07, 6.45) is 0. The number of hydrogen-bond donors (Lipinski definition) is 4. The van der Waals surface area contributed by atoms with E-state index in [9.17, 15) is 14.4 Å². The first-order valence-corrected chi connectivity index (χ1v) is 10.3. The first-order valence-electron chi connectivity index (χ1n) is 10.3. The van der Waals surface area contributed by atoms with Crippen molar-refractivity contribution in [2.24, 2.45) is 0 Å². The monoisotopic (exact) mass is 430 g/mol. The molecule has 0 fully saturated rings. The summed E-state index contributed by atoms with van der Waals surface area (Å²) >= 11 is 0. The van der Waals surface area contributed by atoms with Gasteiger partial charge in [0.25, 0.3) is 11.8 Å². The molecule has 0 atom stereocenters. The maximum absolute atomic E-state index is 12.7. The van der Waals surface area contributed by atoms with E-state index in [1.54, 1.807) is 60.7 Å². The Labute approximate surface area is 187 Å². The van der Waals surface area contributed by atoms with Crippen LogP contribution in [0.5, 0.6) is 0 Å².